The second-order valence-electron chi connectivity index (χ2n) is 5.10. The van der Waals surface area contributed by atoms with Crippen molar-refractivity contribution in [1.82, 2.24) is 0 Å². The van der Waals surface area contributed by atoms with Crippen molar-refractivity contribution in [2.24, 2.45) is 11.7 Å². The molecule has 6 heteroatoms. The molecule has 2 N–H and O–H groups in total. The molecule has 1 fully saturated rings. The van der Waals surface area contributed by atoms with E-state index in [0.717, 1.165) is 31.3 Å². The highest BCUT2D eigenvalue weighted by molar-refractivity contribution is 5.52. The molecule has 0 aliphatic carbocycles. The molecule has 0 aromatic heterocycles. The van der Waals surface area contributed by atoms with Gasteiger partial charge in [-0.2, -0.15) is 13.2 Å². The molecule has 1 aliphatic heterocycles. The van der Waals surface area contributed by atoms with Crippen LogP contribution in [0.4, 0.5) is 18.9 Å². The van der Waals surface area contributed by atoms with E-state index in [1.54, 1.807) is 13.2 Å². The van der Waals surface area contributed by atoms with Crippen molar-refractivity contribution in [2.75, 3.05) is 31.7 Å². The second kappa shape index (κ2) is 6.01. The molecular formula is C14H19F3N2O. The number of hydrogen-bond acceptors (Lipinski definition) is 3. The number of hydrogen-bond donors (Lipinski definition) is 1. The van der Waals surface area contributed by atoms with Crippen molar-refractivity contribution in [3.05, 3.63) is 29.3 Å². The maximum absolute atomic E-state index is 12.8. The number of benzene rings is 1. The number of ether oxygens (including phenoxy) is 1. The van der Waals surface area contributed by atoms with Gasteiger partial charge >= 0.3 is 6.18 Å². The fourth-order valence-corrected chi connectivity index (χ4v) is 2.66. The Morgan fingerprint density at radius 2 is 2.15 bits per heavy atom. The van der Waals surface area contributed by atoms with Crippen LogP contribution in [-0.4, -0.2) is 26.8 Å². The van der Waals surface area contributed by atoms with Gasteiger partial charge in [-0.05, 0) is 30.2 Å². The van der Waals surface area contributed by atoms with Crippen LogP contribution in [0.1, 0.15) is 17.5 Å². The fraction of sp³-hybridized carbons (Fsp3) is 0.571. The molecular weight excluding hydrogens is 269 g/mol. The molecule has 20 heavy (non-hydrogen) atoms. The molecule has 1 aromatic rings. The summed E-state index contributed by atoms with van der Waals surface area (Å²) in [5, 5.41) is 0. The second-order valence-corrected chi connectivity index (χ2v) is 5.10. The Hall–Kier alpha value is -1.27. The van der Waals surface area contributed by atoms with Crippen LogP contribution in [0, 0.1) is 5.92 Å². The van der Waals surface area contributed by atoms with E-state index in [4.69, 9.17) is 10.5 Å². The summed E-state index contributed by atoms with van der Waals surface area (Å²) >= 11 is 0. The zero-order valence-electron chi connectivity index (χ0n) is 11.4. The van der Waals surface area contributed by atoms with Crippen molar-refractivity contribution in [2.45, 2.75) is 19.1 Å². The minimum atomic E-state index is -4.35. The van der Waals surface area contributed by atoms with E-state index in [1.165, 1.54) is 6.07 Å². The van der Waals surface area contributed by atoms with Gasteiger partial charge < -0.3 is 15.4 Å². The van der Waals surface area contributed by atoms with Gasteiger partial charge in [0.25, 0.3) is 0 Å². The lowest BCUT2D eigenvalue weighted by molar-refractivity contribution is -0.138. The van der Waals surface area contributed by atoms with Crippen LogP contribution in [0.15, 0.2) is 18.2 Å². The smallest absolute Gasteiger partial charge is 0.384 e. The number of anilines is 1. The normalized spacial score (nSPS) is 19.6. The van der Waals surface area contributed by atoms with E-state index >= 15 is 0 Å². The van der Waals surface area contributed by atoms with Crippen molar-refractivity contribution < 1.29 is 17.9 Å². The van der Waals surface area contributed by atoms with Gasteiger partial charge in [-0.3, -0.25) is 0 Å². The third-order valence-corrected chi connectivity index (χ3v) is 3.67. The molecule has 1 atom stereocenters. The Kier molecular flexibility index (Phi) is 4.55. The summed E-state index contributed by atoms with van der Waals surface area (Å²) in [7, 11) is 1.66. The Labute approximate surface area is 116 Å². The van der Waals surface area contributed by atoms with E-state index in [9.17, 15) is 13.2 Å². The van der Waals surface area contributed by atoms with E-state index in [1.807, 2.05) is 0 Å². The molecule has 2 rings (SSSR count). The number of nitrogens with two attached hydrogens (primary N) is 1. The van der Waals surface area contributed by atoms with Crippen molar-refractivity contribution in [1.29, 1.82) is 0 Å². The maximum Gasteiger partial charge on any atom is 0.416 e. The molecule has 1 saturated heterocycles. The monoisotopic (exact) mass is 288 g/mol. The van der Waals surface area contributed by atoms with E-state index in [-0.39, 0.29) is 12.1 Å². The Balaban J connectivity index is 2.18. The molecule has 0 amide bonds. The molecule has 0 saturated carbocycles. The third kappa shape index (κ3) is 3.24. The number of halogens is 3. The highest BCUT2D eigenvalue weighted by Crippen LogP contribution is 2.34. The van der Waals surface area contributed by atoms with E-state index < -0.39 is 11.7 Å². The predicted octanol–water partition coefficient (Wildman–Crippen LogP) is 2.64. The summed E-state index contributed by atoms with van der Waals surface area (Å²) in [6, 6.07) is 4.20. The molecule has 0 radical (unpaired) electrons. The first kappa shape index (κ1) is 15.1. The summed E-state index contributed by atoms with van der Waals surface area (Å²) in [5.74, 6) is 0.434. The average Bonchev–Trinajstić information content (AvgIpc) is 2.86. The van der Waals surface area contributed by atoms with Crippen LogP contribution >= 0.6 is 0 Å². The standard InChI is InChI=1S/C14H19F3N2O/c1-20-9-10-4-5-19(8-10)12-2-3-13(14(15,16)17)11(6-12)7-18/h2-3,6,10H,4-5,7-9,18H2,1H3. The summed E-state index contributed by atoms with van der Waals surface area (Å²) in [5.41, 5.74) is 5.76. The molecule has 112 valence electrons. The topological polar surface area (TPSA) is 38.5 Å². The van der Waals surface area contributed by atoms with Gasteiger partial charge in [-0.25, -0.2) is 0 Å². The molecule has 0 spiro atoms. The number of alkyl halides is 3. The van der Waals surface area contributed by atoms with Gasteiger partial charge in [0.1, 0.15) is 0 Å². The molecule has 0 bridgehead atoms. The molecule has 1 aromatic carbocycles. The van der Waals surface area contributed by atoms with Crippen LogP contribution < -0.4 is 10.6 Å². The first-order valence-corrected chi connectivity index (χ1v) is 6.59. The van der Waals surface area contributed by atoms with Crippen LogP contribution in [0.5, 0.6) is 0 Å². The van der Waals surface area contributed by atoms with Crippen LogP contribution in [0.25, 0.3) is 0 Å². The van der Waals surface area contributed by atoms with Crippen LogP contribution in [0.3, 0.4) is 0 Å². The Morgan fingerprint density at radius 3 is 2.75 bits per heavy atom. The molecule has 1 heterocycles. The minimum absolute atomic E-state index is 0.113. The zero-order chi connectivity index (χ0) is 14.8. The van der Waals surface area contributed by atoms with Crippen molar-refractivity contribution >= 4 is 5.69 Å². The third-order valence-electron chi connectivity index (χ3n) is 3.67. The lowest BCUT2D eigenvalue weighted by Crippen LogP contribution is -2.22. The first-order valence-electron chi connectivity index (χ1n) is 6.59. The largest absolute Gasteiger partial charge is 0.416 e. The van der Waals surface area contributed by atoms with Crippen molar-refractivity contribution in [3.63, 3.8) is 0 Å². The molecule has 3 nitrogen and oxygen atoms in total. The quantitative estimate of drug-likeness (QED) is 0.925. The average molecular weight is 288 g/mol. The highest BCUT2D eigenvalue weighted by Gasteiger charge is 2.33. The van der Waals surface area contributed by atoms with Gasteiger partial charge in [0.05, 0.1) is 12.2 Å². The number of nitrogens with zero attached hydrogens (tertiary/aromatic N) is 1. The summed E-state index contributed by atoms with van der Waals surface area (Å²) in [4.78, 5) is 2.09. The van der Waals surface area contributed by atoms with Crippen molar-refractivity contribution in [3.8, 4) is 0 Å². The molecule has 1 aliphatic rings. The number of methoxy groups -OCH3 is 1. The van der Waals surface area contributed by atoms with E-state index in [2.05, 4.69) is 4.90 Å². The van der Waals surface area contributed by atoms with Gasteiger partial charge in [-0.15, -0.1) is 0 Å². The van der Waals surface area contributed by atoms with Gasteiger partial charge in [0.2, 0.25) is 0 Å². The summed E-state index contributed by atoms with van der Waals surface area (Å²) in [6.45, 7) is 2.21. The predicted molar refractivity (Wildman–Crippen MR) is 71.5 cm³/mol. The lowest BCUT2D eigenvalue weighted by atomic mass is 10.1. The van der Waals surface area contributed by atoms with Gasteiger partial charge in [0, 0.05) is 38.3 Å². The van der Waals surface area contributed by atoms with Crippen LogP contribution in [-0.2, 0) is 17.5 Å². The maximum atomic E-state index is 12.8. The van der Waals surface area contributed by atoms with Gasteiger partial charge in [-0.1, -0.05) is 0 Å². The summed E-state index contributed by atoms with van der Waals surface area (Å²) < 4.78 is 43.6. The van der Waals surface area contributed by atoms with E-state index in [0.29, 0.717) is 12.5 Å². The lowest BCUT2D eigenvalue weighted by Gasteiger charge is -2.21. The number of rotatable bonds is 4. The fourth-order valence-electron chi connectivity index (χ4n) is 2.66. The minimum Gasteiger partial charge on any atom is -0.384 e. The first-order chi connectivity index (χ1) is 9.45. The van der Waals surface area contributed by atoms with Gasteiger partial charge in [0.15, 0.2) is 0 Å². The highest BCUT2D eigenvalue weighted by atomic mass is 19.4. The Bertz CT molecular complexity index is 462. The molecule has 1 unspecified atom stereocenters. The SMILES string of the molecule is COCC1CCN(c2ccc(C(F)(F)F)c(CN)c2)C1. The van der Waals surface area contributed by atoms with Crippen LogP contribution in [0.2, 0.25) is 0 Å². The Morgan fingerprint density at radius 1 is 1.40 bits per heavy atom. The zero-order valence-corrected chi connectivity index (χ0v) is 11.4. The summed E-state index contributed by atoms with van der Waals surface area (Å²) in [6.07, 6.45) is -3.36.